The lowest BCUT2D eigenvalue weighted by atomic mass is 10.1. The second-order valence-corrected chi connectivity index (χ2v) is 4.69. The van der Waals surface area contributed by atoms with Crippen LogP contribution in [0.25, 0.3) is 10.8 Å². The van der Waals surface area contributed by atoms with Gasteiger partial charge in [-0.1, -0.05) is 42.3 Å². The van der Waals surface area contributed by atoms with Gasteiger partial charge >= 0.3 is 0 Å². The highest BCUT2D eigenvalue weighted by Gasteiger charge is 2.15. The van der Waals surface area contributed by atoms with E-state index in [-0.39, 0.29) is 4.88 Å². The number of benzene rings is 2. The van der Waals surface area contributed by atoms with E-state index in [9.17, 15) is 0 Å². The van der Waals surface area contributed by atoms with Crippen molar-refractivity contribution in [3.05, 3.63) is 64.7 Å². The predicted octanol–water partition coefficient (Wildman–Crippen LogP) is 4.63. The Bertz CT molecular complexity index is 1310. The van der Waals surface area contributed by atoms with Gasteiger partial charge in [-0.2, -0.15) is 0 Å². The quantitative estimate of drug-likeness (QED) is 0.716. The summed E-state index contributed by atoms with van der Waals surface area (Å²) in [5.41, 5.74) is 0. The van der Waals surface area contributed by atoms with Gasteiger partial charge in [-0.25, -0.2) is 0 Å². The molecule has 108 valence electrons. The van der Waals surface area contributed by atoms with Gasteiger partial charge in [0.15, 0.2) is 0 Å². The first-order valence-electron chi connectivity index (χ1n) is 13.3. The third-order valence-corrected chi connectivity index (χ3v) is 3.33. The molecule has 1 aromatic heterocycles. The van der Waals surface area contributed by atoms with Crippen LogP contribution in [0.15, 0.2) is 59.8 Å². The van der Waals surface area contributed by atoms with Gasteiger partial charge < -0.3 is 10.1 Å². The molecular formula is C18H19NOS. The summed E-state index contributed by atoms with van der Waals surface area (Å²) in [6.07, 6.45) is -6.64. The minimum absolute atomic E-state index is 0.265. The van der Waals surface area contributed by atoms with Gasteiger partial charge in [-0.15, -0.1) is 11.3 Å². The van der Waals surface area contributed by atoms with Crippen LogP contribution in [0.2, 0.25) is 0 Å². The fourth-order valence-electron chi connectivity index (χ4n) is 1.60. The van der Waals surface area contributed by atoms with E-state index in [0.29, 0.717) is 0 Å². The molecule has 2 aromatic carbocycles. The van der Waals surface area contributed by atoms with Crippen molar-refractivity contribution in [1.82, 2.24) is 5.32 Å². The molecule has 3 heteroatoms. The molecule has 0 spiro atoms. The molecule has 1 N–H and O–H groups in total. The summed E-state index contributed by atoms with van der Waals surface area (Å²) < 4.78 is 127. The molecule has 3 aromatic rings. The van der Waals surface area contributed by atoms with E-state index in [2.05, 4.69) is 0 Å². The monoisotopic (exact) mass is 312 g/mol. The van der Waals surface area contributed by atoms with Gasteiger partial charge in [-0.05, 0) is 36.3 Å². The van der Waals surface area contributed by atoms with Gasteiger partial charge in [0.05, 0.1) is 11.0 Å². The van der Waals surface area contributed by atoms with Crippen LogP contribution >= 0.6 is 11.3 Å². The minimum Gasteiger partial charge on any atom is -0.484 e. The number of thiophene rings is 1. The lowest BCUT2D eigenvalue weighted by Crippen LogP contribution is -2.15. The van der Waals surface area contributed by atoms with Gasteiger partial charge in [0, 0.05) is 26.2 Å². The molecule has 0 aliphatic heterocycles. The molecule has 3 rings (SSSR count). The van der Waals surface area contributed by atoms with E-state index in [1.165, 1.54) is 22.8 Å². The summed E-state index contributed by atoms with van der Waals surface area (Å²) in [6.45, 7) is -6.60. The van der Waals surface area contributed by atoms with Gasteiger partial charge in [-0.3, -0.25) is 0 Å². The molecule has 2 nitrogen and oxygen atoms in total. The van der Waals surface area contributed by atoms with Crippen molar-refractivity contribution in [3.8, 4) is 5.75 Å². The zero-order valence-corrected chi connectivity index (χ0v) is 11.4. The number of rotatable bonds is 6. The Labute approximate surface area is 150 Å². The summed E-state index contributed by atoms with van der Waals surface area (Å²) >= 11 is 0.758. The second-order valence-electron chi connectivity index (χ2n) is 3.74. The van der Waals surface area contributed by atoms with Crippen LogP contribution < -0.4 is 10.1 Å². The SMILES string of the molecule is [2H]c1c([2H])c([2H])c2c(OC([2H])(c3cccs3)C([2H])([2H])C([2H])([2H])NC([2H])([2H])[2H])c([2H])c([2H])c([2H])c2c1[2H]. The average Bonchev–Trinajstić information content (AvgIpc) is 3.30. The highest BCUT2D eigenvalue weighted by atomic mass is 32.1. The maximum Gasteiger partial charge on any atom is 0.134 e. The van der Waals surface area contributed by atoms with Gasteiger partial charge in [0.2, 0.25) is 0 Å². The molecule has 0 fully saturated rings. The van der Waals surface area contributed by atoms with Crippen LogP contribution in [-0.4, -0.2) is 13.5 Å². The van der Waals surface area contributed by atoms with E-state index in [1.54, 1.807) is 0 Å². The highest BCUT2D eigenvalue weighted by molar-refractivity contribution is 7.10. The van der Waals surface area contributed by atoms with E-state index in [0.717, 1.165) is 11.3 Å². The number of nitrogens with one attached hydrogen (secondary N) is 1. The van der Waals surface area contributed by atoms with E-state index in [4.69, 9.17) is 25.3 Å². The molecule has 1 unspecified atom stereocenters. The molecule has 0 aliphatic rings. The first-order valence-corrected chi connectivity index (χ1v) is 6.68. The Hall–Kier alpha value is -1.84. The van der Waals surface area contributed by atoms with E-state index >= 15 is 0 Å². The third kappa shape index (κ3) is 3.26. The normalized spacial score (nSPS) is 26.2. The molecule has 0 radical (unpaired) electrons. The van der Waals surface area contributed by atoms with Crippen molar-refractivity contribution < 1.29 is 25.3 Å². The van der Waals surface area contributed by atoms with Crippen LogP contribution in [0.3, 0.4) is 0 Å². The largest absolute Gasteiger partial charge is 0.484 e. The maximum atomic E-state index is 8.96. The van der Waals surface area contributed by atoms with Crippen LogP contribution in [0, 0.1) is 0 Å². The highest BCUT2D eigenvalue weighted by Crippen LogP contribution is 2.32. The standard InChI is InChI=1S/C18H19NOS/c1-19-12-11-17(18-10-5-13-21-18)20-16-9-4-7-14-6-2-3-8-15(14)16/h2-10,13,17,19H,11-12H2,1H3/i1D3,2D,3D,4D,6D,7D,8D,9D,11D2,12D2,17D. The Morgan fingerprint density at radius 2 is 2.29 bits per heavy atom. The summed E-state index contributed by atoms with van der Waals surface area (Å²) in [6, 6.07) is -2.85. The minimum atomic E-state index is -3.51. The van der Waals surface area contributed by atoms with Crippen molar-refractivity contribution >= 4 is 22.1 Å². The van der Waals surface area contributed by atoms with Gasteiger partial charge in [0.1, 0.15) is 11.8 Å². The smallest absolute Gasteiger partial charge is 0.134 e. The maximum absolute atomic E-state index is 8.96. The first-order chi connectivity index (χ1) is 16.3. The lowest BCUT2D eigenvalue weighted by Gasteiger charge is -2.19. The van der Waals surface area contributed by atoms with Crippen LogP contribution in [0.5, 0.6) is 5.75 Å². The van der Waals surface area contributed by atoms with Crippen LogP contribution in [0.1, 0.15) is 37.9 Å². The number of hydrogen-bond acceptors (Lipinski definition) is 3. The predicted molar refractivity (Wildman–Crippen MR) is 90.2 cm³/mol. The number of ether oxygens (including phenoxy) is 1. The number of fused-ring (bicyclic) bond motifs is 1. The lowest BCUT2D eigenvalue weighted by molar-refractivity contribution is 0.201. The van der Waals surface area contributed by atoms with Crippen LogP contribution in [-0.2, 0) is 0 Å². The Balaban J connectivity index is 2.41. The molecule has 0 saturated heterocycles. The van der Waals surface area contributed by atoms with Crippen molar-refractivity contribution in [3.63, 3.8) is 0 Å². The summed E-state index contributed by atoms with van der Waals surface area (Å²) in [4.78, 5) is -0.265. The second kappa shape index (κ2) is 6.74. The average molecular weight is 313 g/mol. The third-order valence-electron chi connectivity index (χ3n) is 2.47. The molecule has 1 atom stereocenters. The summed E-state index contributed by atoms with van der Waals surface area (Å²) in [5, 5.41) is 1.87. The van der Waals surface area contributed by atoms with E-state index < -0.39 is 84.7 Å². The van der Waals surface area contributed by atoms with Crippen molar-refractivity contribution in [1.29, 1.82) is 0 Å². The van der Waals surface area contributed by atoms with Crippen molar-refractivity contribution in [2.24, 2.45) is 0 Å². The number of hydrogen-bond donors (Lipinski definition) is 1. The van der Waals surface area contributed by atoms with Crippen molar-refractivity contribution in [2.75, 3.05) is 13.5 Å². The Morgan fingerprint density at radius 3 is 3.14 bits per heavy atom. The zero-order valence-electron chi connectivity index (χ0n) is 25.5. The van der Waals surface area contributed by atoms with E-state index in [1.807, 2.05) is 0 Å². The molecule has 0 amide bonds. The van der Waals surface area contributed by atoms with Crippen LogP contribution in [0.4, 0.5) is 0 Å². The molecule has 0 aliphatic carbocycles. The molecule has 0 saturated carbocycles. The topological polar surface area (TPSA) is 21.3 Å². The van der Waals surface area contributed by atoms with Crippen molar-refractivity contribution in [2.45, 2.75) is 12.5 Å². The first kappa shape index (κ1) is 4.83. The molecule has 0 bridgehead atoms. The molecular weight excluding hydrogens is 278 g/mol. The summed E-state index contributed by atoms with van der Waals surface area (Å²) in [5.74, 6) is -0.852. The Kier molecular flexibility index (Phi) is 1.55. The fourth-order valence-corrected chi connectivity index (χ4v) is 2.26. The fraction of sp³-hybridized carbons (Fsp3) is 0.222. The Morgan fingerprint density at radius 1 is 1.38 bits per heavy atom. The molecule has 1 heterocycles. The van der Waals surface area contributed by atoms with Gasteiger partial charge in [0.25, 0.3) is 0 Å². The molecule has 21 heavy (non-hydrogen) atoms. The summed E-state index contributed by atoms with van der Waals surface area (Å²) in [7, 11) is 0. The zero-order chi connectivity index (χ0) is 27.6.